The Morgan fingerprint density at radius 3 is 2.64 bits per heavy atom. The lowest BCUT2D eigenvalue weighted by molar-refractivity contribution is 0.412. The Balaban J connectivity index is 3.25. The van der Waals surface area contributed by atoms with Gasteiger partial charge in [-0.2, -0.15) is 0 Å². The maximum Gasteiger partial charge on any atom is 0.135 e. The molecule has 0 aliphatic carbocycles. The molecule has 1 aromatic rings. The van der Waals surface area contributed by atoms with Gasteiger partial charge in [-0.3, -0.25) is 0 Å². The molecular weight excluding hydrogens is 206 g/mol. The third-order valence-corrected chi connectivity index (χ3v) is 2.40. The van der Waals surface area contributed by atoms with Gasteiger partial charge in [0.2, 0.25) is 0 Å². The SMILES string of the molecule is COc1ccc(C)c(N)c1Br. The molecular formula is C8H10BrNO. The van der Waals surface area contributed by atoms with Crippen LogP contribution in [0.15, 0.2) is 16.6 Å². The fraction of sp³-hybridized carbons (Fsp3) is 0.250. The first-order valence-electron chi connectivity index (χ1n) is 3.25. The van der Waals surface area contributed by atoms with Crippen LogP contribution in [0.5, 0.6) is 5.75 Å². The molecule has 3 heteroatoms. The standard InChI is InChI=1S/C8H10BrNO/c1-5-3-4-6(11-2)7(9)8(5)10/h3-4H,10H2,1-2H3. The zero-order valence-electron chi connectivity index (χ0n) is 6.52. The molecule has 0 unspecified atom stereocenters. The zero-order valence-corrected chi connectivity index (χ0v) is 8.10. The van der Waals surface area contributed by atoms with Crippen molar-refractivity contribution >= 4 is 21.6 Å². The molecule has 0 aliphatic rings. The van der Waals surface area contributed by atoms with E-state index in [2.05, 4.69) is 15.9 Å². The first-order chi connectivity index (χ1) is 5.16. The number of methoxy groups -OCH3 is 1. The van der Waals surface area contributed by atoms with E-state index in [0.29, 0.717) is 0 Å². The molecule has 11 heavy (non-hydrogen) atoms. The second-order valence-corrected chi connectivity index (χ2v) is 3.11. The summed E-state index contributed by atoms with van der Waals surface area (Å²) in [6, 6.07) is 3.81. The largest absolute Gasteiger partial charge is 0.495 e. The van der Waals surface area contributed by atoms with Gasteiger partial charge >= 0.3 is 0 Å². The van der Waals surface area contributed by atoms with Crippen LogP contribution >= 0.6 is 15.9 Å². The monoisotopic (exact) mass is 215 g/mol. The topological polar surface area (TPSA) is 35.2 Å². The van der Waals surface area contributed by atoms with E-state index in [9.17, 15) is 0 Å². The van der Waals surface area contributed by atoms with Crippen LogP contribution in [0.3, 0.4) is 0 Å². The van der Waals surface area contributed by atoms with Crippen LogP contribution in [0.25, 0.3) is 0 Å². The third kappa shape index (κ3) is 1.48. The number of ether oxygens (including phenoxy) is 1. The Hall–Kier alpha value is -0.700. The minimum atomic E-state index is 0.740. The van der Waals surface area contributed by atoms with Gasteiger partial charge in [-0.05, 0) is 34.5 Å². The molecule has 0 bridgehead atoms. The molecule has 1 rings (SSSR count). The van der Waals surface area contributed by atoms with Crippen molar-refractivity contribution in [1.29, 1.82) is 0 Å². The van der Waals surface area contributed by atoms with Crippen LogP contribution in [-0.2, 0) is 0 Å². The number of halogens is 1. The lowest BCUT2D eigenvalue weighted by Crippen LogP contribution is -1.93. The maximum atomic E-state index is 5.73. The summed E-state index contributed by atoms with van der Waals surface area (Å²) in [5.74, 6) is 0.771. The van der Waals surface area contributed by atoms with Crippen molar-refractivity contribution < 1.29 is 4.74 Å². The van der Waals surface area contributed by atoms with Crippen LogP contribution in [0.1, 0.15) is 5.56 Å². The van der Waals surface area contributed by atoms with Gasteiger partial charge < -0.3 is 10.5 Å². The highest BCUT2D eigenvalue weighted by Gasteiger charge is 2.04. The van der Waals surface area contributed by atoms with Gasteiger partial charge in [-0.25, -0.2) is 0 Å². The molecule has 60 valence electrons. The molecule has 2 nitrogen and oxygen atoms in total. The lowest BCUT2D eigenvalue weighted by Gasteiger charge is -2.07. The number of hydrogen-bond acceptors (Lipinski definition) is 2. The predicted octanol–water partition coefficient (Wildman–Crippen LogP) is 2.35. The summed E-state index contributed by atoms with van der Waals surface area (Å²) in [5, 5.41) is 0. The zero-order chi connectivity index (χ0) is 8.43. The quantitative estimate of drug-likeness (QED) is 0.731. The van der Waals surface area contributed by atoms with Crippen molar-refractivity contribution in [3.63, 3.8) is 0 Å². The number of anilines is 1. The van der Waals surface area contributed by atoms with E-state index in [4.69, 9.17) is 10.5 Å². The van der Waals surface area contributed by atoms with Crippen molar-refractivity contribution in [1.82, 2.24) is 0 Å². The number of hydrogen-bond donors (Lipinski definition) is 1. The van der Waals surface area contributed by atoms with Gasteiger partial charge in [-0.15, -0.1) is 0 Å². The highest BCUT2D eigenvalue weighted by Crippen LogP contribution is 2.32. The van der Waals surface area contributed by atoms with E-state index in [0.717, 1.165) is 21.5 Å². The van der Waals surface area contributed by atoms with Crippen LogP contribution in [0.4, 0.5) is 5.69 Å². The fourth-order valence-electron chi connectivity index (χ4n) is 0.827. The van der Waals surface area contributed by atoms with E-state index in [1.165, 1.54) is 0 Å². The molecule has 0 atom stereocenters. The summed E-state index contributed by atoms with van der Waals surface area (Å²) in [5.41, 5.74) is 7.52. The summed E-state index contributed by atoms with van der Waals surface area (Å²) in [4.78, 5) is 0. The van der Waals surface area contributed by atoms with Gasteiger partial charge in [0, 0.05) is 0 Å². The summed E-state index contributed by atoms with van der Waals surface area (Å²) >= 11 is 3.34. The molecule has 0 saturated heterocycles. The fourth-order valence-corrected chi connectivity index (χ4v) is 1.43. The van der Waals surface area contributed by atoms with Gasteiger partial charge in [-0.1, -0.05) is 6.07 Å². The van der Waals surface area contributed by atoms with E-state index in [1.54, 1.807) is 7.11 Å². The average Bonchev–Trinajstić information content (AvgIpc) is 2.01. The molecule has 0 heterocycles. The third-order valence-electron chi connectivity index (χ3n) is 1.58. The van der Waals surface area contributed by atoms with Crippen molar-refractivity contribution in [2.75, 3.05) is 12.8 Å². The smallest absolute Gasteiger partial charge is 0.135 e. The van der Waals surface area contributed by atoms with Crippen LogP contribution in [0.2, 0.25) is 0 Å². The van der Waals surface area contributed by atoms with Gasteiger partial charge in [0.1, 0.15) is 5.75 Å². The Morgan fingerprint density at radius 2 is 2.09 bits per heavy atom. The molecule has 0 amide bonds. The van der Waals surface area contributed by atoms with Gasteiger partial charge in [0.25, 0.3) is 0 Å². The normalized spacial score (nSPS) is 9.73. The van der Waals surface area contributed by atoms with Crippen molar-refractivity contribution in [3.8, 4) is 5.75 Å². The number of benzene rings is 1. The minimum absolute atomic E-state index is 0.740. The van der Waals surface area contributed by atoms with Gasteiger partial charge in [0.15, 0.2) is 0 Å². The van der Waals surface area contributed by atoms with E-state index in [-0.39, 0.29) is 0 Å². The Kier molecular flexibility index (Phi) is 2.39. The van der Waals surface area contributed by atoms with Crippen molar-refractivity contribution in [3.05, 3.63) is 22.2 Å². The summed E-state index contributed by atoms with van der Waals surface area (Å²) < 4.78 is 5.89. The Bertz CT molecular complexity index is 273. The second-order valence-electron chi connectivity index (χ2n) is 2.31. The van der Waals surface area contributed by atoms with Crippen LogP contribution in [-0.4, -0.2) is 7.11 Å². The summed E-state index contributed by atoms with van der Waals surface area (Å²) in [7, 11) is 1.62. The Labute approximate surface area is 74.5 Å². The second kappa shape index (κ2) is 3.13. The Morgan fingerprint density at radius 1 is 1.45 bits per heavy atom. The van der Waals surface area contributed by atoms with E-state index < -0.39 is 0 Å². The number of rotatable bonds is 1. The molecule has 0 saturated carbocycles. The first kappa shape index (κ1) is 8.40. The lowest BCUT2D eigenvalue weighted by atomic mass is 10.2. The molecule has 0 aliphatic heterocycles. The number of nitrogen functional groups attached to an aromatic ring is 1. The van der Waals surface area contributed by atoms with Gasteiger partial charge in [0.05, 0.1) is 17.3 Å². The van der Waals surface area contributed by atoms with Crippen LogP contribution < -0.4 is 10.5 Å². The molecule has 1 aromatic carbocycles. The summed E-state index contributed by atoms with van der Waals surface area (Å²) in [6.07, 6.45) is 0. The minimum Gasteiger partial charge on any atom is -0.495 e. The molecule has 0 spiro atoms. The predicted molar refractivity (Wildman–Crippen MR) is 49.8 cm³/mol. The van der Waals surface area contributed by atoms with Crippen LogP contribution in [0, 0.1) is 6.92 Å². The molecule has 0 fully saturated rings. The van der Waals surface area contributed by atoms with E-state index >= 15 is 0 Å². The molecule has 0 aromatic heterocycles. The van der Waals surface area contributed by atoms with Crippen molar-refractivity contribution in [2.45, 2.75) is 6.92 Å². The molecule has 0 radical (unpaired) electrons. The summed E-state index contributed by atoms with van der Waals surface area (Å²) in [6.45, 7) is 1.96. The first-order valence-corrected chi connectivity index (χ1v) is 4.04. The highest BCUT2D eigenvalue weighted by atomic mass is 79.9. The highest BCUT2D eigenvalue weighted by molar-refractivity contribution is 9.10. The number of nitrogens with two attached hydrogens (primary N) is 1. The molecule has 2 N–H and O–H groups in total. The maximum absolute atomic E-state index is 5.73. The van der Waals surface area contributed by atoms with Crippen molar-refractivity contribution in [2.24, 2.45) is 0 Å². The average molecular weight is 216 g/mol. The van der Waals surface area contributed by atoms with E-state index in [1.807, 2.05) is 19.1 Å². The number of aryl methyl sites for hydroxylation is 1.